The highest BCUT2D eigenvalue weighted by atomic mass is 32.2. The largest absolute Gasteiger partial charge is 0.384 e. The van der Waals surface area contributed by atoms with Crippen molar-refractivity contribution < 1.29 is 13.2 Å². The molecule has 0 heterocycles. The Bertz CT molecular complexity index is 573. The van der Waals surface area contributed by atoms with E-state index in [-0.39, 0.29) is 16.5 Å². The Balaban J connectivity index is 2.77. The van der Waals surface area contributed by atoms with Crippen molar-refractivity contribution in [2.45, 2.75) is 11.8 Å². The van der Waals surface area contributed by atoms with Crippen LogP contribution in [-0.2, 0) is 14.6 Å². The molecule has 0 bridgehead atoms. The molecule has 21 heavy (non-hydrogen) atoms. The Kier molecular flexibility index (Phi) is 6.80. The van der Waals surface area contributed by atoms with E-state index < -0.39 is 9.84 Å². The second kappa shape index (κ2) is 8.11. The van der Waals surface area contributed by atoms with Crippen molar-refractivity contribution >= 4 is 15.7 Å². The van der Waals surface area contributed by atoms with Crippen molar-refractivity contribution in [1.29, 1.82) is 5.41 Å². The summed E-state index contributed by atoms with van der Waals surface area (Å²) >= 11 is 0. The molecule has 0 radical (unpaired) electrons. The van der Waals surface area contributed by atoms with Crippen LogP contribution in [-0.4, -0.2) is 58.3 Å². The quantitative estimate of drug-likeness (QED) is 0.517. The van der Waals surface area contributed by atoms with Gasteiger partial charge in [-0.1, -0.05) is 19.1 Å². The fourth-order valence-electron chi connectivity index (χ4n) is 1.87. The molecule has 6 nitrogen and oxygen atoms in total. The molecule has 0 saturated heterocycles. The van der Waals surface area contributed by atoms with E-state index in [2.05, 4.69) is 0 Å². The Morgan fingerprint density at radius 2 is 2.10 bits per heavy atom. The average molecular weight is 313 g/mol. The number of amidine groups is 1. The number of likely N-dealkylation sites (N-methyl/N-ethyl adjacent to an activating group) is 1. The zero-order valence-corrected chi connectivity index (χ0v) is 13.3. The van der Waals surface area contributed by atoms with Crippen LogP contribution < -0.4 is 5.73 Å². The standard InChI is InChI=1S/C14H23N3O3S/c1-3-17(7-9-20-2)8-10-21(18,19)13-6-4-5-12(11-13)14(15)16/h4-6,11H,3,7-10H2,1-2H3,(H3,15,16). The molecule has 0 aromatic heterocycles. The van der Waals surface area contributed by atoms with Crippen molar-refractivity contribution in [2.24, 2.45) is 5.73 Å². The molecule has 0 unspecified atom stereocenters. The SMILES string of the molecule is CCN(CCOC)CCS(=O)(=O)c1cccc(C(=N)N)c1. The van der Waals surface area contributed by atoms with E-state index in [0.717, 1.165) is 6.54 Å². The number of nitrogens with zero attached hydrogens (tertiary/aromatic N) is 1. The van der Waals surface area contributed by atoms with Gasteiger partial charge >= 0.3 is 0 Å². The first kappa shape index (κ1) is 17.6. The summed E-state index contributed by atoms with van der Waals surface area (Å²) in [5.74, 6) is -0.103. The lowest BCUT2D eigenvalue weighted by Gasteiger charge is -2.19. The molecule has 0 aliphatic heterocycles. The predicted octanol–water partition coefficient (Wildman–Crippen LogP) is 0.713. The first-order valence-corrected chi connectivity index (χ1v) is 8.44. The summed E-state index contributed by atoms with van der Waals surface area (Å²) in [5.41, 5.74) is 5.81. The number of nitrogens with two attached hydrogens (primary N) is 1. The Hall–Kier alpha value is -1.44. The fourth-order valence-corrected chi connectivity index (χ4v) is 3.20. The third-order valence-electron chi connectivity index (χ3n) is 3.24. The number of nitrogen functional groups attached to an aromatic ring is 1. The molecule has 0 fully saturated rings. The van der Waals surface area contributed by atoms with E-state index in [4.69, 9.17) is 15.9 Å². The van der Waals surface area contributed by atoms with Crippen LogP contribution in [0.1, 0.15) is 12.5 Å². The van der Waals surface area contributed by atoms with Gasteiger partial charge in [-0.2, -0.15) is 0 Å². The number of hydrogen-bond donors (Lipinski definition) is 2. The summed E-state index contributed by atoms with van der Waals surface area (Å²) in [6.07, 6.45) is 0. The van der Waals surface area contributed by atoms with Gasteiger partial charge in [-0.25, -0.2) is 8.42 Å². The van der Waals surface area contributed by atoms with Crippen LogP contribution in [0.25, 0.3) is 0 Å². The summed E-state index contributed by atoms with van der Waals surface area (Å²) in [7, 11) is -1.76. The predicted molar refractivity (Wildman–Crippen MR) is 83.5 cm³/mol. The minimum Gasteiger partial charge on any atom is -0.384 e. The van der Waals surface area contributed by atoms with E-state index in [1.54, 1.807) is 19.2 Å². The highest BCUT2D eigenvalue weighted by Crippen LogP contribution is 2.13. The molecular weight excluding hydrogens is 290 g/mol. The van der Waals surface area contributed by atoms with Crippen LogP contribution in [0, 0.1) is 5.41 Å². The van der Waals surface area contributed by atoms with E-state index in [0.29, 0.717) is 25.3 Å². The molecule has 118 valence electrons. The summed E-state index contributed by atoms with van der Waals surface area (Å²) in [4.78, 5) is 2.23. The summed E-state index contributed by atoms with van der Waals surface area (Å²) < 4.78 is 29.7. The normalized spacial score (nSPS) is 11.8. The van der Waals surface area contributed by atoms with Gasteiger partial charge in [0.15, 0.2) is 9.84 Å². The zero-order chi connectivity index (χ0) is 15.9. The van der Waals surface area contributed by atoms with E-state index in [1.807, 2.05) is 11.8 Å². The lowest BCUT2D eigenvalue weighted by molar-refractivity contribution is 0.154. The van der Waals surface area contributed by atoms with Gasteiger partial charge in [0, 0.05) is 25.8 Å². The second-order valence-electron chi connectivity index (χ2n) is 4.69. The molecular formula is C14H23N3O3S. The third-order valence-corrected chi connectivity index (χ3v) is 4.93. The lowest BCUT2D eigenvalue weighted by atomic mass is 10.2. The topological polar surface area (TPSA) is 96.5 Å². The van der Waals surface area contributed by atoms with Crippen LogP contribution in [0.4, 0.5) is 0 Å². The van der Waals surface area contributed by atoms with Crippen molar-refractivity contribution in [3.05, 3.63) is 29.8 Å². The Labute approximate surface area is 126 Å². The number of nitrogens with one attached hydrogen (secondary N) is 1. The van der Waals surface area contributed by atoms with Gasteiger partial charge < -0.3 is 15.4 Å². The van der Waals surface area contributed by atoms with E-state index in [1.165, 1.54) is 12.1 Å². The average Bonchev–Trinajstić information content (AvgIpc) is 2.47. The lowest BCUT2D eigenvalue weighted by Crippen LogP contribution is -2.32. The molecule has 1 aromatic carbocycles. The maximum Gasteiger partial charge on any atom is 0.179 e. The number of sulfone groups is 1. The number of methoxy groups -OCH3 is 1. The van der Waals surface area contributed by atoms with Crippen LogP contribution in [0.5, 0.6) is 0 Å². The Morgan fingerprint density at radius 1 is 1.38 bits per heavy atom. The fraction of sp³-hybridized carbons (Fsp3) is 0.500. The minimum absolute atomic E-state index is 0.0336. The summed E-state index contributed by atoms with van der Waals surface area (Å²) in [6.45, 7) is 4.49. The highest BCUT2D eigenvalue weighted by Gasteiger charge is 2.16. The van der Waals surface area contributed by atoms with Gasteiger partial charge in [0.1, 0.15) is 5.84 Å². The minimum atomic E-state index is -3.38. The van der Waals surface area contributed by atoms with Crippen LogP contribution in [0.15, 0.2) is 29.2 Å². The van der Waals surface area contributed by atoms with Crippen molar-refractivity contribution in [1.82, 2.24) is 4.90 Å². The molecule has 0 atom stereocenters. The molecule has 0 aliphatic carbocycles. The van der Waals surface area contributed by atoms with Crippen LogP contribution in [0.2, 0.25) is 0 Å². The van der Waals surface area contributed by atoms with Crippen molar-refractivity contribution in [3.8, 4) is 0 Å². The van der Waals surface area contributed by atoms with Crippen molar-refractivity contribution in [2.75, 3.05) is 39.1 Å². The van der Waals surface area contributed by atoms with Gasteiger partial charge in [0.2, 0.25) is 0 Å². The molecule has 1 rings (SSSR count). The third kappa shape index (κ3) is 5.45. The van der Waals surface area contributed by atoms with Crippen LogP contribution in [0.3, 0.4) is 0 Å². The Morgan fingerprint density at radius 3 is 2.67 bits per heavy atom. The molecule has 0 aliphatic rings. The zero-order valence-electron chi connectivity index (χ0n) is 12.5. The highest BCUT2D eigenvalue weighted by molar-refractivity contribution is 7.91. The molecule has 0 amide bonds. The summed E-state index contributed by atoms with van der Waals surface area (Å²) in [6, 6.07) is 6.21. The molecule has 3 N–H and O–H groups in total. The number of rotatable bonds is 9. The first-order chi connectivity index (χ1) is 9.90. The maximum absolute atomic E-state index is 12.3. The molecule has 0 spiro atoms. The number of benzene rings is 1. The van der Waals surface area contributed by atoms with Gasteiger partial charge in [-0.15, -0.1) is 0 Å². The van der Waals surface area contributed by atoms with E-state index in [9.17, 15) is 8.42 Å². The van der Waals surface area contributed by atoms with E-state index >= 15 is 0 Å². The maximum atomic E-state index is 12.3. The smallest absolute Gasteiger partial charge is 0.179 e. The monoisotopic (exact) mass is 313 g/mol. The van der Waals surface area contributed by atoms with Crippen LogP contribution >= 0.6 is 0 Å². The van der Waals surface area contributed by atoms with Gasteiger partial charge in [0.25, 0.3) is 0 Å². The van der Waals surface area contributed by atoms with Gasteiger partial charge in [-0.05, 0) is 18.7 Å². The number of hydrogen-bond acceptors (Lipinski definition) is 5. The molecule has 0 saturated carbocycles. The molecule has 1 aromatic rings. The summed E-state index contributed by atoms with van der Waals surface area (Å²) in [5, 5.41) is 7.37. The second-order valence-corrected chi connectivity index (χ2v) is 6.80. The number of ether oxygens (including phenoxy) is 1. The van der Waals surface area contributed by atoms with Crippen molar-refractivity contribution in [3.63, 3.8) is 0 Å². The molecule has 7 heteroatoms. The van der Waals surface area contributed by atoms with Gasteiger partial charge in [-0.3, -0.25) is 5.41 Å². The van der Waals surface area contributed by atoms with Gasteiger partial charge in [0.05, 0.1) is 17.3 Å². The first-order valence-electron chi connectivity index (χ1n) is 6.79.